The van der Waals surface area contributed by atoms with E-state index in [2.05, 4.69) is 15.6 Å². The van der Waals surface area contributed by atoms with Gasteiger partial charge in [-0.15, -0.1) is 11.3 Å². The second-order valence-electron chi connectivity index (χ2n) is 6.20. The van der Waals surface area contributed by atoms with Gasteiger partial charge in [0.25, 0.3) is 5.56 Å². The number of amides is 3. The quantitative estimate of drug-likeness (QED) is 0.707. The Morgan fingerprint density at radius 1 is 1.26 bits per heavy atom. The van der Waals surface area contributed by atoms with Crippen molar-refractivity contribution in [3.8, 4) is 11.1 Å². The molecule has 0 aliphatic carbocycles. The van der Waals surface area contributed by atoms with Gasteiger partial charge in [-0.2, -0.15) is 0 Å². The Balaban J connectivity index is 1.84. The van der Waals surface area contributed by atoms with Crippen LogP contribution in [0.25, 0.3) is 21.3 Å². The molecule has 2 heterocycles. The predicted molar refractivity (Wildman–Crippen MR) is 106 cm³/mol. The minimum absolute atomic E-state index is 0.0437. The highest BCUT2D eigenvalue weighted by molar-refractivity contribution is 7.17. The molecule has 1 aromatic carbocycles. The van der Waals surface area contributed by atoms with E-state index < -0.39 is 11.9 Å². The Morgan fingerprint density at radius 2 is 2.00 bits per heavy atom. The van der Waals surface area contributed by atoms with E-state index >= 15 is 0 Å². The Bertz CT molecular complexity index is 1030. The van der Waals surface area contributed by atoms with Gasteiger partial charge in [-0.1, -0.05) is 37.3 Å². The van der Waals surface area contributed by atoms with Crippen molar-refractivity contribution in [3.63, 3.8) is 0 Å². The van der Waals surface area contributed by atoms with Crippen molar-refractivity contribution < 1.29 is 9.59 Å². The molecule has 0 fully saturated rings. The molecule has 2 N–H and O–H groups in total. The van der Waals surface area contributed by atoms with Gasteiger partial charge >= 0.3 is 6.03 Å². The first-order valence-electron chi connectivity index (χ1n) is 8.62. The molecule has 0 bridgehead atoms. The molecule has 0 aliphatic heterocycles. The lowest BCUT2D eigenvalue weighted by atomic mass is 10.1. The minimum Gasteiger partial charge on any atom is -0.335 e. The lowest BCUT2D eigenvalue weighted by Gasteiger charge is -2.12. The molecule has 3 aromatic rings. The second-order valence-corrected chi connectivity index (χ2v) is 7.06. The number of carbonyl (C=O) groups is 2. The standard InChI is InChI=1S/C19H20N4O3S/c1-3-12(2)21-19(26)22-15(24)9-23-11-20-17-16(18(23)25)14(10-27-17)13-7-5-4-6-8-13/h4-8,10-12H,3,9H2,1-2H3,(H2,21,22,24,26)/t12-/m0/s1. The Hall–Kier alpha value is -3.00. The van der Waals surface area contributed by atoms with Gasteiger partial charge < -0.3 is 5.32 Å². The summed E-state index contributed by atoms with van der Waals surface area (Å²) >= 11 is 1.38. The van der Waals surface area contributed by atoms with E-state index in [0.717, 1.165) is 17.5 Å². The maximum absolute atomic E-state index is 12.9. The van der Waals surface area contributed by atoms with Crippen molar-refractivity contribution in [2.75, 3.05) is 0 Å². The molecule has 7 nitrogen and oxygen atoms in total. The van der Waals surface area contributed by atoms with E-state index in [1.165, 1.54) is 22.2 Å². The fourth-order valence-electron chi connectivity index (χ4n) is 2.59. The Morgan fingerprint density at radius 3 is 2.70 bits per heavy atom. The van der Waals surface area contributed by atoms with Crippen molar-refractivity contribution in [2.24, 2.45) is 0 Å². The molecular weight excluding hydrogens is 364 g/mol. The van der Waals surface area contributed by atoms with Crippen LogP contribution < -0.4 is 16.2 Å². The van der Waals surface area contributed by atoms with Crippen LogP contribution in [0, 0.1) is 0 Å². The third-order valence-electron chi connectivity index (χ3n) is 4.20. The summed E-state index contributed by atoms with van der Waals surface area (Å²) in [5.74, 6) is -0.574. The van der Waals surface area contributed by atoms with Gasteiger partial charge in [0.2, 0.25) is 5.91 Å². The first-order chi connectivity index (χ1) is 13.0. The fraction of sp³-hybridized carbons (Fsp3) is 0.263. The third kappa shape index (κ3) is 4.22. The van der Waals surface area contributed by atoms with E-state index in [-0.39, 0.29) is 18.1 Å². The molecule has 27 heavy (non-hydrogen) atoms. The molecule has 140 valence electrons. The molecule has 8 heteroatoms. The summed E-state index contributed by atoms with van der Waals surface area (Å²) in [5, 5.41) is 7.24. The summed E-state index contributed by atoms with van der Waals surface area (Å²) in [6.45, 7) is 3.49. The molecule has 0 unspecified atom stereocenters. The van der Waals surface area contributed by atoms with E-state index in [1.807, 2.05) is 49.6 Å². The second kappa shape index (κ2) is 8.13. The highest BCUT2D eigenvalue weighted by Gasteiger charge is 2.16. The number of nitrogens with one attached hydrogen (secondary N) is 2. The van der Waals surface area contributed by atoms with Crippen molar-refractivity contribution >= 4 is 33.5 Å². The number of hydrogen-bond acceptors (Lipinski definition) is 5. The molecule has 1 atom stereocenters. The fourth-order valence-corrected chi connectivity index (χ4v) is 3.50. The summed E-state index contributed by atoms with van der Waals surface area (Å²) in [4.78, 5) is 41.7. The summed E-state index contributed by atoms with van der Waals surface area (Å²) in [7, 11) is 0. The number of aromatic nitrogens is 2. The van der Waals surface area contributed by atoms with Crippen molar-refractivity contribution in [1.82, 2.24) is 20.2 Å². The first-order valence-corrected chi connectivity index (χ1v) is 9.50. The summed E-state index contributed by atoms with van der Waals surface area (Å²) in [6, 6.07) is 8.93. The minimum atomic E-state index is -0.574. The average molecular weight is 384 g/mol. The normalized spacial score (nSPS) is 11.9. The van der Waals surface area contributed by atoms with Gasteiger partial charge in [-0.3, -0.25) is 19.5 Å². The molecule has 3 amide bonds. The van der Waals surface area contributed by atoms with Crippen LogP contribution in [-0.4, -0.2) is 27.5 Å². The third-order valence-corrected chi connectivity index (χ3v) is 5.09. The molecule has 2 aromatic heterocycles. The van der Waals surface area contributed by atoms with Gasteiger partial charge in [0.1, 0.15) is 11.4 Å². The average Bonchev–Trinajstić information content (AvgIpc) is 3.09. The largest absolute Gasteiger partial charge is 0.335 e. The summed E-state index contributed by atoms with van der Waals surface area (Å²) in [6.07, 6.45) is 2.09. The lowest BCUT2D eigenvalue weighted by molar-refractivity contribution is -0.120. The van der Waals surface area contributed by atoms with Gasteiger partial charge in [-0.05, 0) is 18.9 Å². The summed E-state index contributed by atoms with van der Waals surface area (Å²) < 4.78 is 1.22. The number of benzene rings is 1. The zero-order valence-corrected chi connectivity index (χ0v) is 15.9. The number of carbonyl (C=O) groups excluding carboxylic acids is 2. The monoisotopic (exact) mass is 384 g/mol. The van der Waals surface area contributed by atoms with E-state index in [4.69, 9.17) is 0 Å². The summed E-state index contributed by atoms with van der Waals surface area (Å²) in [5.41, 5.74) is 1.40. The van der Waals surface area contributed by atoms with E-state index in [1.54, 1.807) is 0 Å². The number of hydrogen-bond donors (Lipinski definition) is 2. The topological polar surface area (TPSA) is 93.1 Å². The van der Waals surface area contributed by atoms with Crippen molar-refractivity contribution in [3.05, 3.63) is 52.4 Å². The number of thiophene rings is 1. The van der Waals surface area contributed by atoms with Gasteiger partial charge in [0, 0.05) is 17.0 Å². The lowest BCUT2D eigenvalue weighted by Crippen LogP contribution is -2.45. The first kappa shape index (κ1) is 18.8. The molecule has 0 aliphatic rings. The molecule has 0 saturated carbocycles. The van der Waals surface area contributed by atoms with Gasteiger partial charge in [-0.25, -0.2) is 9.78 Å². The SMILES string of the molecule is CC[C@H](C)NC(=O)NC(=O)Cn1cnc2scc(-c3ccccc3)c2c1=O. The van der Waals surface area contributed by atoms with E-state index in [0.29, 0.717) is 10.2 Å². The van der Waals surface area contributed by atoms with Crippen molar-refractivity contribution in [1.29, 1.82) is 0 Å². The number of rotatable bonds is 5. The van der Waals surface area contributed by atoms with Crippen LogP contribution in [0.1, 0.15) is 20.3 Å². The van der Waals surface area contributed by atoms with Crippen LogP contribution >= 0.6 is 11.3 Å². The highest BCUT2D eigenvalue weighted by atomic mass is 32.1. The maximum atomic E-state index is 12.9. The molecule has 0 saturated heterocycles. The molecule has 0 spiro atoms. The molecular formula is C19H20N4O3S. The number of nitrogens with zero attached hydrogens (tertiary/aromatic N) is 2. The van der Waals surface area contributed by atoms with Gasteiger partial charge in [0.15, 0.2) is 0 Å². The zero-order valence-electron chi connectivity index (χ0n) is 15.1. The van der Waals surface area contributed by atoms with Crippen LogP contribution in [0.4, 0.5) is 4.79 Å². The smallest absolute Gasteiger partial charge is 0.321 e. The van der Waals surface area contributed by atoms with E-state index in [9.17, 15) is 14.4 Å². The Kier molecular flexibility index (Phi) is 5.66. The number of fused-ring (bicyclic) bond motifs is 1. The highest BCUT2D eigenvalue weighted by Crippen LogP contribution is 2.30. The Labute approximate surface area is 160 Å². The van der Waals surface area contributed by atoms with Crippen LogP contribution in [0.2, 0.25) is 0 Å². The van der Waals surface area contributed by atoms with Crippen LogP contribution in [-0.2, 0) is 11.3 Å². The van der Waals surface area contributed by atoms with Crippen LogP contribution in [0.3, 0.4) is 0 Å². The predicted octanol–water partition coefficient (Wildman–Crippen LogP) is 2.75. The van der Waals surface area contributed by atoms with Gasteiger partial charge in [0.05, 0.1) is 11.7 Å². The zero-order chi connectivity index (χ0) is 19.4. The maximum Gasteiger partial charge on any atom is 0.321 e. The van der Waals surface area contributed by atoms with Crippen LogP contribution in [0.15, 0.2) is 46.8 Å². The van der Waals surface area contributed by atoms with Crippen LogP contribution in [0.5, 0.6) is 0 Å². The molecule has 3 rings (SSSR count). The number of urea groups is 1. The molecule has 0 radical (unpaired) electrons. The number of imide groups is 1. The van der Waals surface area contributed by atoms with Crippen molar-refractivity contribution in [2.45, 2.75) is 32.9 Å².